The van der Waals surface area contributed by atoms with Gasteiger partial charge in [0.05, 0.1) is 44.2 Å². The minimum Gasteiger partial charge on any atom is -0.245 e. The van der Waals surface area contributed by atoms with Gasteiger partial charge in [0, 0.05) is 11.1 Å². The molecule has 0 bridgehead atoms. The zero-order valence-corrected chi connectivity index (χ0v) is 22.6. The third-order valence-electron chi connectivity index (χ3n) is 6.00. The minimum absolute atomic E-state index is 0.593. The van der Waals surface area contributed by atoms with E-state index in [0.29, 0.717) is 32.8 Å². The van der Waals surface area contributed by atoms with Crippen LogP contribution in [0.1, 0.15) is 33.6 Å². The quantitative estimate of drug-likeness (QED) is 0.200. The lowest BCUT2D eigenvalue weighted by Gasteiger charge is -2.12. The first-order valence-electron chi connectivity index (χ1n) is 12.3. The Labute approximate surface area is 233 Å². The Morgan fingerprint density at radius 1 is 0.526 bits per heavy atom. The molecule has 0 aliphatic rings. The number of aromatic nitrogens is 1. The number of hydrogen-bond donors (Lipinski definition) is 0. The van der Waals surface area contributed by atoms with Gasteiger partial charge in [0.15, 0.2) is 0 Å². The van der Waals surface area contributed by atoms with E-state index in [0.717, 1.165) is 33.7 Å². The fourth-order valence-corrected chi connectivity index (χ4v) is 4.63. The normalized spacial score (nSPS) is 12.0. The molecule has 1 aromatic heterocycles. The molecule has 0 spiro atoms. The molecule has 0 saturated heterocycles. The monoisotopic (exact) mass is 533 g/mol. The van der Waals surface area contributed by atoms with Crippen molar-refractivity contribution in [3.8, 4) is 0 Å². The third kappa shape index (κ3) is 5.91. The number of aliphatic imine (C=N–C) groups is 2. The molecule has 0 aliphatic heterocycles. The Bertz CT molecular complexity index is 1520. The molecule has 5 aromatic rings. The highest BCUT2D eigenvalue weighted by molar-refractivity contribution is 6.34. The summed E-state index contributed by atoms with van der Waals surface area (Å²) < 4.78 is 0. The van der Waals surface area contributed by atoms with Crippen molar-refractivity contribution in [2.45, 2.75) is 13.8 Å². The fraction of sp³-hybridized carbons (Fsp3) is 0.0606. The highest BCUT2D eigenvalue weighted by Crippen LogP contribution is 2.29. The first kappa shape index (κ1) is 25.6. The van der Waals surface area contributed by atoms with E-state index in [1.165, 1.54) is 0 Å². The summed E-state index contributed by atoms with van der Waals surface area (Å²) in [6, 6.07) is 37.6. The van der Waals surface area contributed by atoms with Crippen molar-refractivity contribution in [3.63, 3.8) is 0 Å². The first-order valence-corrected chi connectivity index (χ1v) is 13.0. The summed E-state index contributed by atoms with van der Waals surface area (Å²) in [6.45, 7) is 4.01. The van der Waals surface area contributed by atoms with Crippen LogP contribution in [0.3, 0.4) is 0 Å². The molecule has 0 amide bonds. The lowest BCUT2D eigenvalue weighted by Crippen LogP contribution is -2.11. The molecule has 5 rings (SSSR count). The Balaban J connectivity index is 1.68. The van der Waals surface area contributed by atoms with Gasteiger partial charge in [-0.2, -0.15) is 0 Å². The molecule has 1 heterocycles. The molecule has 5 heteroatoms. The van der Waals surface area contributed by atoms with E-state index < -0.39 is 0 Å². The van der Waals surface area contributed by atoms with Crippen molar-refractivity contribution < 1.29 is 0 Å². The molecule has 186 valence electrons. The molecular formula is C33H25Cl2N3. The van der Waals surface area contributed by atoms with Crippen LogP contribution in [0.5, 0.6) is 0 Å². The number of benzene rings is 4. The van der Waals surface area contributed by atoms with Crippen LogP contribution in [0.25, 0.3) is 0 Å². The van der Waals surface area contributed by atoms with Crippen LogP contribution in [-0.2, 0) is 0 Å². The molecule has 0 unspecified atom stereocenters. The van der Waals surface area contributed by atoms with Crippen molar-refractivity contribution in [2.75, 3.05) is 0 Å². The van der Waals surface area contributed by atoms with Crippen molar-refractivity contribution >= 4 is 46.0 Å². The molecule has 0 aliphatic carbocycles. The maximum atomic E-state index is 6.57. The number of pyridine rings is 1. The van der Waals surface area contributed by atoms with E-state index in [1.54, 1.807) is 0 Å². The van der Waals surface area contributed by atoms with Crippen molar-refractivity contribution in [1.29, 1.82) is 0 Å². The van der Waals surface area contributed by atoms with E-state index >= 15 is 0 Å². The van der Waals surface area contributed by atoms with Gasteiger partial charge in [-0.15, -0.1) is 0 Å². The summed E-state index contributed by atoms with van der Waals surface area (Å²) in [6.07, 6.45) is 0. The Hall–Kier alpha value is -4.05. The van der Waals surface area contributed by atoms with Gasteiger partial charge < -0.3 is 0 Å². The zero-order valence-electron chi connectivity index (χ0n) is 21.1. The number of halogens is 2. The van der Waals surface area contributed by atoms with Gasteiger partial charge in [0.2, 0.25) is 0 Å². The second-order valence-electron chi connectivity index (χ2n) is 8.97. The highest BCUT2D eigenvalue weighted by Gasteiger charge is 2.15. The molecule has 0 fully saturated rings. The molecule has 0 radical (unpaired) electrons. The van der Waals surface area contributed by atoms with Crippen LogP contribution in [0.2, 0.25) is 10.0 Å². The Morgan fingerprint density at radius 3 is 1.34 bits per heavy atom. The van der Waals surface area contributed by atoms with Crippen molar-refractivity contribution in [1.82, 2.24) is 4.98 Å². The predicted molar refractivity (Wildman–Crippen MR) is 160 cm³/mol. The Kier molecular flexibility index (Phi) is 7.78. The van der Waals surface area contributed by atoms with E-state index in [9.17, 15) is 0 Å². The summed E-state index contributed by atoms with van der Waals surface area (Å²) >= 11 is 13.1. The van der Waals surface area contributed by atoms with E-state index in [4.69, 9.17) is 38.2 Å². The van der Waals surface area contributed by atoms with E-state index in [2.05, 4.69) is 0 Å². The van der Waals surface area contributed by atoms with Crippen LogP contribution in [-0.4, -0.2) is 16.4 Å². The third-order valence-corrected chi connectivity index (χ3v) is 6.61. The first-order chi connectivity index (χ1) is 18.5. The number of aryl methyl sites for hydroxylation is 2. The average molecular weight is 534 g/mol. The van der Waals surface area contributed by atoms with E-state index in [1.807, 2.05) is 129 Å². The highest BCUT2D eigenvalue weighted by atomic mass is 35.5. The summed E-state index contributed by atoms with van der Waals surface area (Å²) in [5, 5.41) is 1.19. The van der Waals surface area contributed by atoms with Gasteiger partial charge in [0.1, 0.15) is 0 Å². The maximum Gasteiger partial charge on any atom is 0.0966 e. The Morgan fingerprint density at radius 2 is 0.947 bits per heavy atom. The minimum atomic E-state index is 0.593. The number of nitrogens with zero attached hydrogens (tertiary/aromatic N) is 3. The molecule has 0 saturated carbocycles. The number of rotatable bonds is 6. The number of hydrogen-bond acceptors (Lipinski definition) is 3. The van der Waals surface area contributed by atoms with E-state index in [-0.39, 0.29) is 0 Å². The van der Waals surface area contributed by atoms with Gasteiger partial charge in [0.25, 0.3) is 0 Å². The fourth-order valence-electron chi connectivity index (χ4n) is 4.08. The standard InChI is InChI=1S/C33H25Cl2N3/c1-22-16-18-28(26(34)20-22)37-32(24-10-5-3-6-11-24)30-14-9-15-31(36-30)33(25-12-7-4-8-13-25)38-29-19-17-23(2)21-27(29)35/h3-21H,1-2H3/b37-32+,38-33+. The summed E-state index contributed by atoms with van der Waals surface area (Å²) in [5.41, 5.74) is 8.27. The lowest BCUT2D eigenvalue weighted by molar-refractivity contribution is 1.24. The van der Waals surface area contributed by atoms with Crippen LogP contribution >= 0.6 is 23.2 Å². The van der Waals surface area contributed by atoms with Crippen LogP contribution in [0.4, 0.5) is 11.4 Å². The molecule has 0 N–H and O–H groups in total. The molecule has 4 aromatic carbocycles. The van der Waals surface area contributed by atoms with Gasteiger partial charge in [-0.3, -0.25) is 0 Å². The molecular weight excluding hydrogens is 509 g/mol. The summed E-state index contributed by atoms with van der Waals surface area (Å²) in [4.78, 5) is 15.0. The zero-order chi connectivity index (χ0) is 26.5. The van der Waals surface area contributed by atoms with Crippen LogP contribution in [0.15, 0.2) is 125 Å². The van der Waals surface area contributed by atoms with Gasteiger partial charge in [-0.05, 0) is 61.4 Å². The van der Waals surface area contributed by atoms with Crippen molar-refractivity contribution in [2.24, 2.45) is 9.98 Å². The predicted octanol–water partition coefficient (Wildman–Crippen LogP) is 9.34. The second-order valence-corrected chi connectivity index (χ2v) is 9.79. The molecule has 38 heavy (non-hydrogen) atoms. The summed E-state index contributed by atoms with van der Waals surface area (Å²) in [5.74, 6) is 0. The second kappa shape index (κ2) is 11.6. The summed E-state index contributed by atoms with van der Waals surface area (Å²) in [7, 11) is 0. The van der Waals surface area contributed by atoms with Gasteiger partial charge >= 0.3 is 0 Å². The van der Waals surface area contributed by atoms with Gasteiger partial charge in [-0.25, -0.2) is 15.0 Å². The topological polar surface area (TPSA) is 37.6 Å². The SMILES string of the molecule is Cc1ccc(/N=C(\c2ccccc2)c2cccc(/C(=N/c3ccc(C)cc3Cl)c3ccccc3)n2)c(Cl)c1. The molecule has 0 atom stereocenters. The maximum absolute atomic E-state index is 6.57. The van der Waals surface area contributed by atoms with Crippen molar-refractivity contribution in [3.05, 3.63) is 159 Å². The van der Waals surface area contributed by atoms with Crippen LogP contribution in [0, 0.1) is 13.8 Å². The lowest BCUT2D eigenvalue weighted by atomic mass is 10.0. The smallest absolute Gasteiger partial charge is 0.0966 e. The van der Waals surface area contributed by atoms with Crippen LogP contribution < -0.4 is 0 Å². The average Bonchev–Trinajstić information content (AvgIpc) is 2.93. The van der Waals surface area contributed by atoms with Gasteiger partial charge in [-0.1, -0.05) is 102 Å². The molecule has 3 nitrogen and oxygen atoms in total. The largest absolute Gasteiger partial charge is 0.245 e.